The highest BCUT2D eigenvalue weighted by atomic mass is 16.5. The van der Waals surface area contributed by atoms with Gasteiger partial charge in [-0.1, -0.05) is 55.5 Å². The Kier molecular flexibility index (Phi) is 7.45. The molecule has 7 heteroatoms. The lowest BCUT2D eigenvalue weighted by Crippen LogP contribution is -2.25. The van der Waals surface area contributed by atoms with E-state index in [4.69, 9.17) is 9.84 Å². The van der Waals surface area contributed by atoms with Crippen LogP contribution in [-0.4, -0.2) is 36.2 Å². The maximum atomic E-state index is 12.4. The number of anilines is 1. The van der Waals surface area contributed by atoms with Crippen LogP contribution in [0.2, 0.25) is 0 Å². The molecule has 3 N–H and O–H groups in total. The third-order valence-corrected chi connectivity index (χ3v) is 6.26. The molecule has 0 saturated heterocycles. The first kappa shape index (κ1) is 24.0. The highest BCUT2D eigenvalue weighted by Crippen LogP contribution is 2.44. The van der Waals surface area contributed by atoms with Crippen molar-refractivity contribution in [2.24, 2.45) is 5.92 Å². The summed E-state index contributed by atoms with van der Waals surface area (Å²) in [7, 11) is 0. The molecule has 3 aromatic carbocycles. The maximum Gasteiger partial charge on any atom is 0.411 e. The summed E-state index contributed by atoms with van der Waals surface area (Å²) in [5, 5.41) is 14.4. The van der Waals surface area contributed by atoms with Crippen LogP contribution >= 0.6 is 0 Å². The molecule has 0 spiro atoms. The van der Waals surface area contributed by atoms with Crippen molar-refractivity contribution >= 4 is 23.7 Å². The Labute approximate surface area is 204 Å². The Hall–Kier alpha value is -4.13. The quantitative estimate of drug-likeness (QED) is 0.368. The van der Waals surface area contributed by atoms with Crippen LogP contribution in [0.5, 0.6) is 0 Å². The van der Waals surface area contributed by atoms with Crippen molar-refractivity contribution in [3.8, 4) is 11.1 Å². The maximum absolute atomic E-state index is 12.4. The van der Waals surface area contributed by atoms with E-state index in [1.54, 1.807) is 31.2 Å². The van der Waals surface area contributed by atoms with E-state index in [9.17, 15) is 14.4 Å². The molecular weight excluding hydrogens is 444 g/mol. The molecule has 0 heterocycles. The lowest BCUT2D eigenvalue weighted by Gasteiger charge is -2.14. The van der Waals surface area contributed by atoms with Crippen LogP contribution in [0, 0.1) is 5.92 Å². The van der Waals surface area contributed by atoms with Crippen LogP contribution in [0.25, 0.3) is 11.1 Å². The van der Waals surface area contributed by atoms with Crippen molar-refractivity contribution in [2.45, 2.75) is 25.7 Å². The first-order valence-corrected chi connectivity index (χ1v) is 11.7. The van der Waals surface area contributed by atoms with Crippen molar-refractivity contribution < 1.29 is 24.2 Å². The van der Waals surface area contributed by atoms with Crippen molar-refractivity contribution in [3.05, 3.63) is 89.5 Å². The van der Waals surface area contributed by atoms with Gasteiger partial charge < -0.3 is 15.2 Å². The van der Waals surface area contributed by atoms with Gasteiger partial charge in [0, 0.05) is 23.7 Å². The SMILES string of the molecule is CC(CCCNC(=O)c1ccc(NC(=O)OCC2c3ccccc3-c3ccccc32)cc1)C(=O)O. The van der Waals surface area contributed by atoms with Crippen molar-refractivity contribution in [3.63, 3.8) is 0 Å². The van der Waals surface area contributed by atoms with Gasteiger partial charge in [0.15, 0.2) is 0 Å². The number of benzene rings is 3. The van der Waals surface area contributed by atoms with Gasteiger partial charge in [-0.05, 0) is 59.4 Å². The summed E-state index contributed by atoms with van der Waals surface area (Å²) in [6, 6.07) is 22.8. The van der Waals surface area contributed by atoms with Gasteiger partial charge in [-0.25, -0.2) is 4.79 Å². The van der Waals surface area contributed by atoms with E-state index in [1.807, 2.05) is 24.3 Å². The molecule has 0 fully saturated rings. The molecule has 0 bridgehead atoms. The zero-order valence-electron chi connectivity index (χ0n) is 19.5. The molecular formula is C28H28N2O5. The molecule has 1 unspecified atom stereocenters. The number of fused-ring (bicyclic) bond motifs is 3. The Bertz CT molecular complexity index is 1180. The number of hydrogen-bond donors (Lipinski definition) is 3. The molecule has 4 rings (SSSR count). The molecule has 3 aromatic rings. The minimum atomic E-state index is -0.837. The molecule has 180 valence electrons. The highest BCUT2D eigenvalue weighted by Gasteiger charge is 2.29. The van der Waals surface area contributed by atoms with Gasteiger partial charge >= 0.3 is 12.1 Å². The predicted octanol–water partition coefficient (Wildman–Crippen LogP) is 5.28. The van der Waals surface area contributed by atoms with Crippen LogP contribution < -0.4 is 10.6 Å². The molecule has 0 radical (unpaired) electrons. The summed E-state index contributed by atoms with van der Waals surface area (Å²) >= 11 is 0. The fourth-order valence-corrected chi connectivity index (χ4v) is 4.29. The minimum absolute atomic E-state index is 0.0160. The van der Waals surface area contributed by atoms with Crippen molar-refractivity contribution in [1.29, 1.82) is 0 Å². The van der Waals surface area contributed by atoms with Crippen molar-refractivity contribution in [2.75, 3.05) is 18.5 Å². The summed E-state index contributed by atoms with van der Waals surface area (Å²) in [5.74, 6) is -1.54. The van der Waals surface area contributed by atoms with E-state index in [2.05, 4.69) is 34.9 Å². The normalized spacial score (nSPS) is 12.8. The van der Waals surface area contributed by atoms with E-state index in [-0.39, 0.29) is 18.4 Å². The van der Waals surface area contributed by atoms with E-state index in [0.29, 0.717) is 30.6 Å². The molecule has 35 heavy (non-hydrogen) atoms. The minimum Gasteiger partial charge on any atom is -0.481 e. The second-order valence-corrected chi connectivity index (χ2v) is 8.67. The second-order valence-electron chi connectivity index (χ2n) is 8.67. The summed E-state index contributed by atoms with van der Waals surface area (Å²) in [5.41, 5.74) is 5.61. The zero-order valence-corrected chi connectivity index (χ0v) is 19.5. The number of nitrogens with one attached hydrogen (secondary N) is 2. The molecule has 0 aliphatic heterocycles. The molecule has 0 saturated carbocycles. The summed E-state index contributed by atoms with van der Waals surface area (Å²) in [4.78, 5) is 35.5. The number of hydrogen-bond acceptors (Lipinski definition) is 4. The number of carbonyl (C=O) groups excluding carboxylic acids is 2. The summed E-state index contributed by atoms with van der Waals surface area (Å²) < 4.78 is 5.55. The largest absolute Gasteiger partial charge is 0.481 e. The van der Waals surface area contributed by atoms with E-state index in [0.717, 1.165) is 11.1 Å². The fourth-order valence-electron chi connectivity index (χ4n) is 4.29. The Morgan fingerprint density at radius 3 is 2.11 bits per heavy atom. The third kappa shape index (κ3) is 5.69. The van der Waals surface area contributed by atoms with E-state index in [1.165, 1.54) is 11.1 Å². The number of carboxylic acid groups (broad SMARTS) is 1. The number of aliphatic carboxylic acids is 1. The van der Waals surface area contributed by atoms with Crippen LogP contribution in [0.15, 0.2) is 72.8 Å². The van der Waals surface area contributed by atoms with Crippen LogP contribution in [-0.2, 0) is 9.53 Å². The van der Waals surface area contributed by atoms with Gasteiger partial charge in [0.1, 0.15) is 6.61 Å². The fraction of sp³-hybridized carbons (Fsp3) is 0.250. The first-order chi connectivity index (χ1) is 16.9. The first-order valence-electron chi connectivity index (χ1n) is 11.7. The monoisotopic (exact) mass is 472 g/mol. The van der Waals surface area contributed by atoms with Gasteiger partial charge in [-0.3, -0.25) is 14.9 Å². The average Bonchev–Trinajstić information content (AvgIpc) is 3.19. The van der Waals surface area contributed by atoms with Crippen LogP contribution in [0.4, 0.5) is 10.5 Å². The Morgan fingerprint density at radius 2 is 1.51 bits per heavy atom. The van der Waals surface area contributed by atoms with Crippen LogP contribution in [0.1, 0.15) is 47.2 Å². The molecule has 1 aliphatic carbocycles. The van der Waals surface area contributed by atoms with Crippen molar-refractivity contribution in [1.82, 2.24) is 5.32 Å². The summed E-state index contributed by atoms with van der Waals surface area (Å²) in [6.07, 6.45) is 0.524. The predicted molar refractivity (Wildman–Crippen MR) is 134 cm³/mol. The molecule has 7 nitrogen and oxygen atoms in total. The molecule has 2 amide bonds. The lowest BCUT2D eigenvalue weighted by molar-refractivity contribution is -0.141. The number of amides is 2. The smallest absolute Gasteiger partial charge is 0.411 e. The van der Waals surface area contributed by atoms with E-state index < -0.39 is 18.0 Å². The highest BCUT2D eigenvalue weighted by molar-refractivity contribution is 5.95. The number of rotatable bonds is 9. The third-order valence-electron chi connectivity index (χ3n) is 6.26. The van der Waals surface area contributed by atoms with Gasteiger partial charge in [0.05, 0.1) is 5.92 Å². The average molecular weight is 473 g/mol. The van der Waals surface area contributed by atoms with Crippen LogP contribution in [0.3, 0.4) is 0 Å². The van der Waals surface area contributed by atoms with Gasteiger partial charge in [0.25, 0.3) is 5.91 Å². The number of carboxylic acids is 1. The van der Waals surface area contributed by atoms with Gasteiger partial charge in [-0.15, -0.1) is 0 Å². The Morgan fingerprint density at radius 1 is 0.914 bits per heavy atom. The summed E-state index contributed by atoms with van der Waals surface area (Å²) in [6.45, 7) is 2.27. The standard InChI is InChI=1S/C28H28N2O5/c1-18(27(32)33)7-6-16-29-26(31)19-12-14-20(15-13-19)30-28(34)35-17-25-23-10-4-2-8-21(23)22-9-3-5-11-24(22)25/h2-5,8-15,18,25H,6-7,16-17H2,1H3,(H,29,31)(H,30,34)(H,32,33). The number of ether oxygens (including phenoxy) is 1. The van der Waals surface area contributed by atoms with E-state index >= 15 is 0 Å². The van der Waals surface area contributed by atoms with Gasteiger partial charge in [-0.2, -0.15) is 0 Å². The Balaban J connectivity index is 1.27. The molecule has 0 aromatic heterocycles. The zero-order chi connectivity index (χ0) is 24.8. The lowest BCUT2D eigenvalue weighted by atomic mass is 9.98. The number of carbonyl (C=O) groups is 3. The topological polar surface area (TPSA) is 105 Å². The molecule has 1 atom stereocenters. The molecule has 1 aliphatic rings. The second kappa shape index (κ2) is 10.9. The van der Waals surface area contributed by atoms with Gasteiger partial charge in [0.2, 0.25) is 0 Å².